The van der Waals surface area contributed by atoms with E-state index in [0.717, 1.165) is 5.75 Å². The number of ether oxygens (including phenoxy) is 1. The van der Waals surface area contributed by atoms with Crippen molar-refractivity contribution in [1.29, 1.82) is 0 Å². The highest BCUT2D eigenvalue weighted by Crippen LogP contribution is 2.25. The molecule has 21 heavy (non-hydrogen) atoms. The highest BCUT2D eigenvalue weighted by atomic mass is 16.5. The SMILES string of the molecule is O=C(O)c1[nH]nnc1-c1ccc(Oc2ccccc2)cc1. The molecule has 1 aromatic heterocycles. The maximum Gasteiger partial charge on any atom is 0.356 e. The number of H-pyrrole nitrogens is 1. The Morgan fingerprint density at radius 3 is 2.33 bits per heavy atom. The van der Waals surface area contributed by atoms with Gasteiger partial charge in [0.2, 0.25) is 0 Å². The van der Waals surface area contributed by atoms with Gasteiger partial charge in [-0.25, -0.2) is 4.79 Å². The number of carbonyl (C=O) groups is 1. The Hall–Kier alpha value is -3.15. The van der Waals surface area contributed by atoms with Gasteiger partial charge in [-0.3, -0.25) is 5.10 Å². The van der Waals surface area contributed by atoms with Crippen LogP contribution in [0.5, 0.6) is 11.5 Å². The lowest BCUT2D eigenvalue weighted by molar-refractivity contribution is 0.0691. The summed E-state index contributed by atoms with van der Waals surface area (Å²) < 4.78 is 5.67. The standard InChI is InChI=1S/C15H11N3O3/c19-15(20)14-13(16-18-17-14)10-6-8-12(9-7-10)21-11-4-2-1-3-5-11/h1-9H,(H,19,20)(H,16,17,18). The van der Waals surface area contributed by atoms with Crippen molar-refractivity contribution in [2.24, 2.45) is 0 Å². The number of benzene rings is 2. The first-order chi connectivity index (χ1) is 10.2. The van der Waals surface area contributed by atoms with Crippen LogP contribution in [0.1, 0.15) is 10.5 Å². The molecule has 0 atom stereocenters. The van der Waals surface area contributed by atoms with Crippen LogP contribution in [-0.2, 0) is 0 Å². The molecule has 0 radical (unpaired) electrons. The van der Waals surface area contributed by atoms with Gasteiger partial charge in [-0.2, -0.15) is 0 Å². The normalized spacial score (nSPS) is 10.3. The van der Waals surface area contributed by atoms with Gasteiger partial charge in [0.25, 0.3) is 0 Å². The molecule has 0 amide bonds. The van der Waals surface area contributed by atoms with Crippen molar-refractivity contribution in [1.82, 2.24) is 15.4 Å². The van der Waals surface area contributed by atoms with E-state index in [0.29, 0.717) is 17.0 Å². The molecule has 0 unspecified atom stereocenters. The lowest BCUT2D eigenvalue weighted by atomic mass is 10.1. The first-order valence-electron chi connectivity index (χ1n) is 6.22. The first-order valence-corrected chi connectivity index (χ1v) is 6.22. The molecule has 0 bridgehead atoms. The van der Waals surface area contributed by atoms with E-state index in [2.05, 4.69) is 15.4 Å². The molecule has 6 heteroatoms. The number of para-hydroxylation sites is 1. The van der Waals surface area contributed by atoms with Gasteiger partial charge in [-0.05, 0) is 36.4 Å². The molecule has 0 aliphatic rings. The molecule has 0 fully saturated rings. The second-order valence-corrected chi connectivity index (χ2v) is 4.28. The van der Waals surface area contributed by atoms with Gasteiger partial charge in [-0.15, -0.1) is 5.10 Å². The molecular formula is C15H11N3O3. The summed E-state index contributed by atoms with van der Waals surface area (Å²) in [4.78, 5) is 11.0. The van der Waals surface area contributed by atoms with Crippen LogP contribution in [0.15, 0.2) is 54.6 Å². The third kappa shape index (κ3) is 2.74. The monoisotopic (exact) mass is 281 g/mol. The molecule has 6 nitrogen and oxygen atoms in total. The van der Waals surface area contributed by atoms with E-state index in [1.54, 1.807) is 24.3 Å². The second kappa shape index (κ2) is 5.46. The fourth-order valence-corrected chi connectivity index (χ4v) is 1.88. The summed E-state index contributed by atoms with van der Waals surface area (Å²) in [5, 5.41) is 18.7. The minimum Gasteiger partial charge on any atom is -0.476 e. The molecular weight excluding hydrogens is 270 g/mol. The maximum absolute atomic E-state index is 11.0. The molecule has 0 aliphatic heterocycles. The van der Waals surface area contributed by atoms with Crippen molar-refractivity contribution < 1.29 is 14.6 Å². The van der Waals surface area contributed by atoms with E-state index in [4.69, 9.17) is 9.84 Å². The highest BCUT2D eigenvalue weighted by Gasteiger charge is 2.15. The summed E-state index contributed by atoms with van der Waals surface area (Å²) in [6.45, 7) is 0. The number of hydrogen-bond acceptors (Lipinski definition) is 4. The second-order valence-electron chi connectivity index (χ2n) is 4.28. The minimum absolute atomic E-state index is 0.0354. The lowest BCUT2D eigenvalue weighted by Crippen LogP contribution is -1.99. The third-order valence-corrected chi connectivity index (χ3v) is 2.87. The number of nitrogens with one attached hydrogen (secondary N) is 1. The zero-order valence-corrected chi connectivity index (χ0v) is 10.9. The molecule has 2 aromatic carbocycles. The van der Waals surface area contributed by atoms with E-state index in [1.165, 1.54) is 0 Å². The Bertz CT molecular complexity index is 751. The van der Waals surface area contributed by atoms with E-state index in [1.807, 2.05) is 30.3 Å². The smallest absolute Gasteiger partial charge is 0.356 e. The largest absolute Gasteiger partial charge is 0.476 e. The van der Waals surface area contributed by atoms with Crippen LogP contribution in [0.4, 0.5) is 0 Å². The number of aromatic amines is 1. The van der Waals surface area contributed by atoms with Gasteiger partial charge in [-0.1, -0.05) is 23.4 Å². The van der Waals surface area contributed by atoms with Crippen LogP contribution in [0.25, 0.3) is 11.3 Å². The highest BCUT2D eigenvalue weighted by molar-refractivity contribution is 5.92. The number of carboxylic acids is 1. The molecule has 0 saturated heterocycles. The molecule has 3 rings (SSSR count). The van der Waals surface area contributed by atoms with Crippen molar-refractivity contribution in [3.05, 3.63) is 60.3 Å². The van der Waals surface area contributed by atoms with E-state index >= 15 is 0 Å². The van der Waals surface area contributed by atoms with Gasteiger partial charge < -0.3 is 9.84 Å². The number of aromatic carboxylic acids is 1. The summed E-state index contributed by atoms with van der Waals surface area (Å²) >= 11 is 0. The van der Waals surface area contributed by atoms with Crippen LogP contribution in [-0.4, -0.2) is 26.5 Å². The lowest BCUT2D eigenvalue weighted by Gasteiger charge is -2.06. The molecule has 2 N–H and O–H groups in total. The average molecular weight is 281 g/mol. The Kier molecular flexibility index (Phi) is 3.34. The van der Waals surface area contributed by atoms with Crippen molar-refractivity contribution in [3.63, 3.8) is 0 Å². The van der Waals surface area contributed by atoms with Crippen molar-refractivity contribution in [3.8, 4) is 22.8 Å². The number of aromatic nitrogens is 3. The van der Waals surface area contributed by atoms with E-state index < -0.39 is 5.97 Å². The van der Waals surface area contributed by atoms with Crippen LogP contribution in [0.2, 0.25) is 0 Å². The molecule has 104 valence electrons. The maximum atomic E-state index is 11.0. The summed E-state index contributed by atoms with van der Waals surface area (Å²) in [5.74, 6) is 0.294. The van der Waals surface area contributed by atoms with Crippen LogP contribution >= 0.6 is 0 Å². The minimum atomic E-state index is -1.10. The Balaban J connectivity index is 1.84. The summed E-state index contributed by atoms with van der Waals surface area (Å²) in [6.07, 6.45) is 0. The fraction of sp³-hybridized carbons (Fsp3) is 0. The molecule has 0 spiro atoms. The van der Waals surface area contributed by atoms with Crippen LogP contribution in [0, 0.1) is 0 Å². The number of hydrogen-bond donors (Lipinski definition) is 2. The van der Waals surface area contributed by atoms with Crippen molar-refractivity contribution >= 4 is 5.97 Å². The van der Waals surface area contributed by atoms with E-state index in [9.17, 15) is 4.79 Å². The Morgan fingerprint density at radius 1 is 1.00 bits per heavy atom. The quantitative estimate of drug-likeness (QED) is 0.767. The third-order valence-electron chi connectivity index (χ3n) is 2.87. The predicted octanol–water partition coefficient (Wildman–Crippen LogP) is 2.96. The number of rotatable bonds is 4. The number of nitrogens with zero attached hydrogens (tertiary/aromatic N) is 2. The van der Waals surface area contributed by atoms with Crippen molar-refractivity contribution in [2.45, 2.75) is 0 Å². The van der Waals surface area contributed by atoms with Gasteiger partial charge in [0.15, 0.2) is 5.69 Å². The predicted molar refractivity (Wildman–Crippen MR) is 75.3 cm³/mol. The van der Waals surface area contributed by atoms with Gasteiger partial charge in [0.05, 0.1) is 0 Å². The Morgan fingerprint density at radius 2 is 1.67 bits per heavy atom. The van der Waals surface area contributed by atoms with Crippen molar-refractivity contribution in [2.75, 3.05) is 0 Å². The van der Waals surface area contributed by atoms with Gasteiger partial charge in [0.1, 0.15) is 17.2 Å². The van der Waals surface area contributed by atoms with Gasteiger partial charge in [0, 0.05) is 5.56 Å². The molecule has 0 saturated carbocycles. The first kappa shape index (κ1) is 12.9. The van der Waals surface area contributed by atoms with Crippen LogP contribution < -0.4 is 4.74 Å². The van der Waals surface area contributed by atoms with Gasteiger partial charge >= 0.3 is 5.97 Å². The van der Waals surface area contributed by atoms with E-state index in [-0.39, 0.29) is 5.69 Å². The Labute approximate surface area is 120 Å². The number of carboxylic acid groups (broad SMARTS) is 1. The average Bonchev–Trinajstić information content (AvgIpc) is 2.99. The fourth-order valence-electron chi connectivity index (χ4n) is 1.88. The summed E-state index contributed by atoms with van der Waals surface area (Å²) in [5.41, 5.74) is 0.919. The summed E-state index contributed by atoms with van der Waals surface area (Å²) in [7, 11) is 0. The summed E-state index contributed by atoms with van der Waals surface area (Å²) in [6, 6.07) is 16.4. The molecule has 0 aliphatic carbocycles. The van der Waals surface area contributed by atoms with Crippen LogP contribution in [0.3, 0.4) is 0 Å². The topological polar surface area (TPSA) is 88.1 Å². The zero-order valence-electron chi connectivity index (χ0n) is 10.9. The molecule has 1 heterocycles. The molecule has 3 aromatic rings. The zero-order chi connectivity index (χ0) is 14.7.